The van der Waals surface area contributed by atoms with Crippen molar-refractivity contribution in [3.05, 3.63) is 54.1 Å². The summed E-state index contributed by atoms with van der Waals surface area (Å²) in [6.45, 7) is 3.43. The molecule has 1 saturated heterocycles. The van der Waals surface area contributed by atoms with Crippen molar-refractivity contribution in [1.82, 2.24) is 4.90 Å². The number of aryl methyl sites for hydroxylation is 1. The first-order chi connectivity index (χ1) is 12.5. The van der Waals surface area contributed by atoms with E-state index in [1.54, 1.807) is 29.0 Å². The summed E-state index contributed by atoms with van der Waals surface area (Å²) in [7, 11) is 1.80. The minimum atomic E-state index is -0.230. The molecule has 1 heterocycles. The van der Waals surface area contributed by atoms with Crippen molar-refractivity contribution in [2.75, 3.05) is 37.0 Å². The summed E-state index contributed by atoms with van der Waals surface area (Å²) >= 11 is 0. The first-order valence-electron chi connectivity index (χ1n) is 8.65. The lowest BCUT2D eigenvalue weighted by Crippen LogP contribution is -2.47. The maximum absolute atomic E-state index is 12.2. The fraction of sp³-hybridized carbons (Fsp3) is 0.300. The molecule has 0 radical (unpaired) electrons. The van der Waals surface area contributed by atoms with E-state index in [1.807, 2.05) is 43.3 Å². The molecule has 0 atom stereocenters. The van der Waals surface area contributed by atoms with E-state index in [4.69, 9.17) is 4.74 Å². The fourth-order valence-corrected chi connectivity index (χ4v) is 2.81. The summed E-state index contributed by atoms with van der Waals surface area (Å²) in [6, 6.07) is 14.8. The minimum absolute atomic E-state index is 0.000432. The molecule has 0 aliphatic carbocycles. The third-order valence-electron chi connectivity index (χ3n) is 4.29. The number of anilines is 2. The van der Waals surface area contributed by atoms with Gasteiger partial charge in [0.2, 0.25) is 0 Å². The Labute approximate surface area is 153 Å². The van der Waals surface area contributed by atoms with Crippen LogP contribution in [0.15, 0.2) is 48.5 Å². The molecule has 0 aromatic heterocycles. The van der Waals surface area contributed by atoms with Gasteiger partial charge in [-0.1, -0.05) is 17.7 Å². The zero-order valence-electron chi connectivity index (χ0n) is 15.1. The summed E-state index contributed by atoms with van der Waals surface area (Å²) in [4.78, 5) is 27.7. The molecule has 0 bridgehead atoms. The third-order valence-corrected chi connectivity index (χ3v) is 4.29. The Morgan fingerprint density at radius 3 is 2.46 bits per heavy atom. The number of amides is 3. The number of benzene rings is 2. The quantitative estimate of drug-likeness (QED) is 0.897. The molecule has 1 fully saturated rings. The number of rotatable bonds is 5. The molecule has 6 heteroatoms. The maximum atomic E-state index is 12.2. The molecule has 2 aromatic carbocycles. The van der Waals surface area contributed by atoms with Crippen molar-refractivity contribution in [1.29, 1.82) is 0 Å². The van der Waals surface area contributed by atoms with E-state index in [2.05, 4.69) is 5.32 Å². The van der Waals surface area contributed by atoms with Gasteiger partial charge in [-0.2, -0.15) is 0 Å². The lowest BCUT2D eigenvalue weighted by Gasteiger charge is -2.33. The molecule has 136 valence electrons. The zero-order chi connectivity index (χ0) is 18.5. The van der Waals surface area contributed by atoms with Gasteiger partial charge in [0.1, 0.15) is 5.75 Å². The van der Waals surface area contributed by atoms with Crippen molar-refractivity contribution < 1.29 is 14.3 Å². The molecule has 26 heavy (non-hydrogen) atoms. The maximum Gasteiger partial charge on any atom is 0.324 e. The van der Waals surface area contributed by atoms with E-state index >= 15 is 0 Å². The Bertz CT molecular complexity index is 772. The van der Waals surface area contributed by atoms with E-state index in [0.29, 0.717) is 18.0 Å². The van der Waals surface area contributed by atoms with Crippen LogP contribution in [-0.2, 0) is 4.79 Å². The zero-order valence-corrected chi connectivity index (χ0v) is 15.1. The Morgan fingerprint density at radius 1 is 1.08 bits per heavy atom. The van der Waals surface area contributed by atoms with Gasteiger partial charge < -0.3 is 15.0 Å². The van der Waals surface area contributed by atoms with Crippen LogP contribution in [0.2, 0.25) is 0 Å². The number of carbonyl (C=O) groups excluding carboxylic acids is 2. The van der Waals surface area contributed by atoms with E-state index in [0.717, 1.165) is 24.2 Å². The van der Waals surface area contributed by atoms with Gasteiger partial charge >= 0.3 is 6.03 Å². The monoisotopic (exact) mass is 353 g/mol. The predicted molar refractivity (Wildman–Crippen MR) is 102 cm³/mol. The highest BCUT2D eigenvalue weighted by atomic mass is 16.5. The summed E-state index contributed by atoms with van der Waals surface area (Å²) in [6.07, 6.45) is 0.942. The average Bonchev–Trinajstić information content (AvgIpc) is 2.64. The summed E-state index contributed by atoms with van der Waals surface area (Å²) in [5, 5.41) is 2.80. The second-order valence-electron chi connectivity index (χ2n) is 6.41. The highest BCUT2D eigenvalue weighted by Crippen LogP contribution is 2.21. The smallest absolute Gasteiger partial charge is 0.324 e. The van der Waals surface area contributed by atoms with E-state index in [1.165, 1.54) is 0 Å². The number of nitrogens with zero attached hydrogens (tertiary/aromatic N) is 2. The van der Waals surface area contributed by atoms with Gasteiger partial charge in [0.15, 0.2) is 6.61 Å². The summed E-state index contributed by atoms with van der Waals surface area (Å²) in [5.41, 5.74) is 2.64. The normalized spacial score (nSPS) is 14.3. The topological polar surface area (TPSA) is 61.9 Å². The molecule has 0 unspecified atom stereocenters. The van der Waals surface area contributed by atoms with Crippen LogP contribution in [0.3, 0.4) is 0 Å². The van der Waals surface area contributed by atoms with Gasteiger partial charge in [-0.3, -0.25) is 9.69 Å². The molecule has 6 nitrogen and oxygen atoms in total. The molecule has 3 amide bonds. The molecular formula is C20H23N3O3. The molecule has 1 N–H and O–H groups in total. The second kappa shape index (κ2) is 7.91. The molecule has 0 spiro atoms. The van der Waals surface area contributed by atoms with Crippen LogP contribution in [-0.4, -0.2) is 43.6 Å². The molecule has 2 aromatic rings. The molecular weight excluding hydrogens is 330 g/mol. The number of urea groups is 1. The number of hydrogen-bond acceptors (Lipinski definition) is 3. The average molecular weight is 353 g/mol. The molecule has 1 aliphatic rings. The Kier molecular flexibility index (Phi) is 5.41. The van der Waals surface area contributed by atoms with Gasteiger partial charge in [0.25, 0.3) is 5.91 Å². The Morgan fingerprint density at radius 2 is 1.77 bits per heavy atom. The first-order valence-corrected chi connectivity index (χ1v) is 8.65. The van der Waals surface area contributed by atoms with Crippen molar-refractivity contribution in [3.8, 4) is 5.75 Å². The number of nitrogens with one attached hydrogen (secondary N) is 1. The van der Waals surface area contributed by atoms with Crippen molar-refractivity contribution in [3.63, 3.8) is 0 Å². The van der Waals surface area contributed by atoms with E-state index in [-0.39, 0.29) is 18.5 Å². The molecule has 1 aliphatic heterocycles. The van der Waals surface area contributed by atoms with Gasteiger partial charge in [-0.25, -0.2) is 4.79 Å². The number of hydrogen-bond donors (Lipinski definition) is 1. The SMILES string of the molecule is Cc1ccc(OCC(=O)Nc2ccc(N3CCCN(C)C3=O)cc2)cc1. The van der Waals surface area contributed by atoms with E-state index < -0.39 is 0 Å². The Balaban J connectivity index is 1.54. The lowest BCUT2D eigenvalue weighted by atomic mass is 10.2. The number of carbonyl (C=O) groups is 2. The third kappa shape index (κ3) is 4.33. The van der Waals surface area contributed by atoms with Gasteiger partial charge in [0, 0.05) is 31.5 Å². The summed E-state index contributed by atoms with van der Waals surface area (Å²) in [5.74, 6) is 0.431. The first kappa shape index (κ1) is 17.8. The van der Waals surface area contributed by atoms with Gasteiger partial charge in [-0.15, -0.1) is 0 Å². The standard InChI is InChI=1S/C20H23N3O3/c1-15-4-10-18(11-5-15)26-14-19(24)21-16-6-8-17(9-7-16)23-13-3-12-22(2)20(23)25/h4-11H,3,12-14H2,1-2H3,(H,21,24). The van der Waals surface area contributed by atoms with Crippen molar-refractivity contribution in [2.45, 2.75) is 13.3 Å². The van der Waals surface area contributed by atoms with Crippen LogP contribution in [0.25, 0.3) is 0 Å². The highest BCUT2D eigenvalue weighted by molar-refractivity contribution is 5.94. The van der Waals surface area contributed by atoms with Crippen LogP contribution >= 0.6 is 0 Å². The van der Waals surface area contributed by atoms with Crippen LogP contribution < -0.4 is 15.0 Å². The predicted octanol–water partition coefficient (Wildman–Crippen LogP) is 3.27. The lowest BCUT2D eigenvalue weighted by molar-refractivity contribution is -0.118. The minimum Gasteiger partial charge on any atom is -0.484 e. The van der Waals surface area contributed by atoms with Gasteiger partial charge in [-0.05, 0) is 49.7 Å². The fourth-order valence-electron chi connectivity index (χ4n) is 2.81. The second-order valence-corrected chi connectivity index (χ2v) is 6.41. The van der Waals surface area contributed by atoms with Crippen molar-refractivity contribution >= 4 is 23.3 Å². The number of ether oxygens (including phenoxy) is 1. The summed E-state index contributed by atoms with van der Waals surface area (Å²) < 4.78 is 5.47. The molecule has 3 rings (SSSR count). The van der Waals surface area contributed by atoms with Crippen LogP contribution in [0.4, 0.5) is 16.2 Å². The van der Waals surface area contributed by atoms with Crippen LogP contribution in [0.1, 0.15) is 12.0 Å². The largest absolute Gasteiger partial charge is 0.484 e. The van der Waals surface area contributed by atoms with Crippen LogP contribution in [0.5, 0.6) is 5.75 Å². The van der Waals surface area contributed by atoms with Gasteiger partial charge in [0.05, 0.1) is 0 Å². The highest BCUT2D eigenvalue weighted by Gasteiger charge is 2.23. The van der Waals surface area contributed by atoms with Crippen molar-refractivity contribution in [2.24, 2.45) is 0 Å². The van der Waals surface area contributed by atoms with Crippen LogP contribution in [0, 0.1) is 6.92 Å². The Hall–Kier alpha value is -3.02. The molecule has 0 saturated carbocycles. The van der Waals surface area contributed by atoms with E-state index in [9.17, 15) is 9.59 Å².